The van der Waals surface area contributed by atoms with Gasteiger partial charge in [0.05, 0.1) is 12.7 Å². The topological polar surface area (TPSA) is 29.5 Å². The van der Waals surface area contributed by atoms with Gasteiger partial charge < -0.3 is 9.84 Å². The fraction of sp³-hybridized carbons (Fsp3) is 1.00. The third-order valence-electron chi connectivity index (χ3n) is 2.60. The normalized spacial score (nSPS) is 20.4. The summed E-state index contributed by atoms with van der Waals surface area (Å²) in [5.74, 6) is -4.05. The average molecular weight is 230 g/mol. The van der Waals surface area contributed by atoms with Gasteiger partial charge in [0.2, 0.25) is 0 Å². The van der Waals surface area contributed by atoms with E-state index in [1.165, 1.54) is 0 Å². The molecule has 1 aliphatic rings. The summed E-state index contributed by atoms with van der Waals surface area (Å²) in [5.41, 5.74) is 0. The van der Waals surface area contributed by atoms with Crippen LogP contribution < -0.4 is 0 Å². The van der Waals surface area contributed by atoms with Crippen LogP contribution in [0.5, 0.6) is 0 Å². The quantitative estimate of drug-likeness (QED) is 0.708. The molecular weight excluding hydrogens is 216 g/mol. The van der Waals surface area contributed by atoms with Crippen LogP contribution in [0.1, 0.15) is 19.3 Å². The van der Waals surface area contributed by atoms with Crippen molar-refractivity contribution in [1.29, 1.82) is 0 Å². The van der Waals surface area contributed by atoms with Gasteiger partial charge in [-0.3, -0.25) is 0 Å². The summed E-state index contributed by atoms with van der Waals surface area (Å²) in [6, 6.07) is 0. The SMILES string of the molecule is OC(COCC(F)(F)C(F)F)C1CCC1. The van der Waals surface area contributed by atoms with Crippen molar-refractivity contribution in [2.24, 2.45) is 5.92 Å². The molecule has 0 aromatic heterocycles. The number of hydrogen-bond donors (Lipinski definition) is 1. The molecule has 15 heavy (non-hydrogen) atoms. The molecule has 0 saturated heterocycles. The molecule has 1 aliphatic carbocycles. The molecule has 1 fully saturated rings. The Morgan fingerprint density at radius 2 is 1.93 bits per heavy atom. The molecule has 1 saturated carbocycles. The fourth-order valence-electron chi connectivity index (χ4n) is 1.34. The highest BCUT2D eigenvalue weighted by Crippen LogP contribution is 2.30. The molecule has 90 valence electrons. The number of halogens is 4. The first kappa shape index (κ1) is 12.7. The molecule has 1 atom stereocenters. The minimum atomic E-state index is -4.13. The highest BCUT2D eigenvalue weighted by molar-refractivity contribution is 4.77. The molecule has 0 bridgehead atoms. The number of rotatable bonds is 6. The predicted octanol–water partition coefficient (Wildman–Crippen LogP) is 2.06. The number of aliphatic hydroxyl groups is 1. The fourth-order valence-corrected chi connectivity index (χ4v) is 1.34. The molecule has 0 aromatic carbocycles. The van der Waals surface area contributed by atoms with E-state index in [9.17, 15) is 22.7 Å². The molecular formula is C9H14F4O2. The summed E-state index contributed by atoms with van der Waals surface area (Å²) in [4.78, 5) is 0. The van der Waals surface area contributed by atoms with Crippen LogP contribution in [-0.4, -0.2) is 36.8 Å². The van der Waals surface area contributed by atoms with Crippen LogP contribution in [0, 0.1) is 5.92 Å². The van der Waals surface area contributed by atoms with Gasteiger partial charge in [-0.1, -0.05) is 6.42 Å². The monoisotopic (exact) mass is 230 g/mol. The Hall–Kier alpha value is -0.360. The Morgan fingerprint density at radius 3 is 2.33 bits per heavy atom. The molecule has 0 radical (unpaired) electrons. The number of ether oxygens (including phenoxy) is 1. The van der Waals surface area contributed by atoms with Gasteiger partial charge in [0.15, 0.2) is 0 Å². The van der Waals surface area contributed by atoms with Gasteiger partial charge >= 0.3 is 12.3 Å². The van der Waals surface area contributed by atoms with E-state index in [1.54, 1.807) is 0 Å². The van der Waals surface area contributed by atoms with Gasteiger partial charge in [-0.25, -0.2) is 8.78 Å². The Morgan fingerprint density at radius 1 is 1.33 bits per heavy atom. The van der Waals surface area contributed by atoms with Gasteiger partial charge in [0, 0.05) is 0 Å². The van der Waals surface area contributed by atoms with Gasteiger partial charge in [0.25, 0.3) is 0 Å². The maximum atomic E-state index is 12.3. The zero-order valence-electron chi connectivity index (χ0n) is 8.13. The van der Waals surface area contributed by atoms with E-state index in [2.05, 4.69) is 4.74 Å². The Bertz CT molecular complexity index is 195. The van der Waals surface area contributed by atoms with Crippen molar-refractivity contribution in [3.63, 3.8) is 0 Å². The molecule has 0 aromatic rings. The van der Waals surface area contributed by atoms with E-state index in [0.717, 1.165) is 19.3 Å². The van der Waals surface area contributed by atoms with E-state index >= 15 is 0 Å². The van der Waals surface area contributed by atoms with Crippen molar-refractivity contribution in [2.45, 2.75) is 37.7 Å². The van der Waals surface area contributed by atoms with Crippen LogP contribution in [0.4, 0.5) is 17.6 Å². The lowest BCUT2D eigenvalue weighted by molar-refractivity contribution is -0.173. The van der Waals surface area contributed by atoms with Gasteiger partial charge in [0.1, 0.15) is 6.61 Å². The molecule has 0 heterocycles. The minimum Gasteiger partial charge on any atom is -0.390 e. The van der Waals surface area contributed by atoms with E-state index in [-0.39, 0.29) is 12.5 Å². The first-order valence-corrected chi connectivity index (χ1v) is 4.85. The molecule has 0 spiro atoms. The van der Waals surface area contributed by atoms with Crippen LogP contribution >= 0.6 is 0 Å². The average Bonchev–Trinajstić information content (AvgIpc) is 1.99. The standard InChI is InChI=1S/C9H14F4O2/c10-8(11)9(12,13)5-15-4-7(14)6-2-1-3-6/h6-8,14H,1-5H2. The van der Waals surface area contributed by atoms with Crippen LogP contribution in [0.3, 0.4) is 0 Å². The third-order valence-corrected chi connectivity index (χ3v) is 2.60. The number of alkyl halides is 4. The molecule has 6 heteroatoms. The van der Waals surface area contributed by atoms with Crippen molar-refractivity contribution < 1.29 is 27.4 Å². The summed E-state index contributed by atoms with van der Waals surface area (Å²) in [7, 11) is 0. The molecule has 1 rings (SSSR count). The minimum absolute atomic E-state index is 0.0742. The lowest BCUT2D eigenvalue weighted by Gasteiger charge is -2.30. The second kappa shape index (κ2) is 5.12. The summed E-state index contributed by atoms with van der Waals surface area (Å²) in [6.45, 7) is -1.64. The van der Waals surface area contributed by atoms with Gasteiger partial charge in [-0.05, 0) is 18.8 Å². The number of aliphatic hydroxyl groups excluding tert-OH is 1. The van der Waals surface area contributed by atoms with Crippen molar-refractivity contribution >= 4 is 0 Å². The Kier molecular flexibility index (Phi) is 4.33. The predicted molar refractivity (Wildman–Crippen MR) is 45.1 cm³/mol. The second-order valence-electron chi connectivity index (χ2n) is 3.84. The lowest BCUT2D eigenvalue weighted by atomic mass is 9.81. The van der Waals surface area contributed by atoms with E-state index < -0.39 is 25.1 Å². The molecule has 1 N–H and O–H groups in total. The van der Waals surface area contributed by atoms with Gasteiger partial charge in [-0.15, -0.1) is 0 Å². The van der Waals surface area contributed by atoms with E-state index in [4.69, 9.17) is 0 Å². The summed E-state index contributed by atoms with van der Waals surface area (Å²) >= 11 is 0. The highest BCUT2D eigenvalue weighted by atomic mass is 19.3. The second-order valence-corrected chi connectivity index (χ2v) is 3.84. The number of hydrogen-bond acceptors (Lipinski definition) is 2. The zero-order chi connectivity index (χ0) is 11.5. The molecule has 1 unspecified atom stereocenters. The Balaban J connectivity index is 2.14. The van der Waals surface area contributed by atoms with Crippen LogP contribution in [0.15, 0.2) is 0 Å². The highest BCUT2D eigenvalue weighted by Gasteiger charge is 2.41. The van der Waals surface area contributed by atoms with Crippen LogP contribution in [0.25, 0.3) is 0 Å². The zero-order valence-corrected chi connectivity index (χ0v) is 8.13. The maximum Gasteiger partial charge on any atom is 0.330 e. The van der Waals surface area contributed by atoms with Crippen LogP contribution in [-0.2, 0) is 4.74 Å². The molecule has 0 aliphatic heterocycles. The van der Waals surface area contributed by atoms with Crippen LogP contribution in [0.2, 0.25) is 0 Å². The smallest absolute Gasteiger partial charge is 0.330 e. The lowest BCUT2D eigenvalue weighted by Crippen LogP contribution is -2.36. The van der Waals surface area contributed by atoms with E-state index in [0.29, 0.717) is 0 Å². The summed E-state index contributed by atoms with van der Waals surface area (Å²) in [6.07, 6.45) is -1.84. The summed E-state index contributed by atoms with van der Waals surface area (Å²) < 4.78 is 52.4. The first-order chi connectivity index (χ1) is 6.93. The largest absolute Gasteiger partial charge is 0.390 e. The van der Waals surface area contributed by atoms with Crippen molar-refractivity contribution in [3.05, 3.63) is 0 Å². The molecule has 0 amide bonds. The van der Waals surface area contributed by atoms with Crippen molar-refractivity contribution in [3.8, 4) is 0 Å². The Labute approximate surface area is 85.2 Å². The molecule has 2 nitrogen and oxygen atoms in total. The van der Waals surface area contributed by atoms with Gasteiger partial charge in [-0.2, -0.15) is 8.78 Å². The summed E-state index contributed by atoms with van der Waals surface area (Å²) in [5, 5.41) is 9.35. The van der Waals surface area contributed by atoms with Crippen molar-refractivity contribution in [2.75, 3.05) is 13.2 Å². The van der Waals surface area contributed by atoms with Crippen molar-refractivity contribution in [1.82, 2.24) is 0 Å². The van der Waals surface area contributed by atoms with E-state index in [1.807, 2.05) is 0 Å². The first-order valence-electron chi connectivity index (χ1n) is 4.85. The third kappa shape index (κ3) is 3.61. The maximum absolute atomic E-state index is 12.3.